The standard InChI is InChI=1S/C18H24Br2S2/c1-4-13(12(3)19)8-6-9-15-14(5-2)18(20)22-17(15)16-10-7-11-21-16/h7,10-13H,4-6,8-9H2,1-3H3. The molecule has 0 nitrogen and oxygen atoms in total. The predicted molar refractivity (Wildman–Crippen MR) is 110 cm³/mol. The summed E-state index contributed by atoms with van der Waals surface area (Å²) in [5.74, 6) is 0.789. The molecule has 0 aliphatic heterocycles. The first-order valence-electron chi connectivity index (χ1n) is 8.06. The summed E-state index contributed by atoms with van der Waals surface area (Å²) in [6.07, 6.45) is 6.17. The van der Waals surface area contributed by atoms with Crippen LogP contribution < -0.4 is 0 Å². The van der Waals surface area contributed by atoms with Gasteiger partial charge in [0.25, 0.3) is 0 Å². The topological polar surface area (TPSA) is 0 Å². The highest BCUT2D eigenvalue weighted by atomic mass is 79.9. The lowest BCUT2D eigenvalue weighted by Gasteiger charge is -2.17. The predicted octanol–water partition coefficient (Wildman–Crippen LogP) is 7.93. The first-order chi connectivity index (χ1) is 10.6. The highest BCUT2D eigenvalue weighted by Gasteiger charge is 2.18. The van der Waals surface area contributed by atoms with E-state index in [1.54, 1.807) is 5.56 Å². The lowest BCUT2D eigenvalue weighted by atomic mass is 9.94. The maximum atomic E-state index is 3.79. The lowest BCUT2D eigenvalue weighted by Crippen LogP contribution is -2.10. The fraction of sp³-hybridized carbons (Fsp3) is 0.556. The molecule has 0 saturated heterocycles. The van der Waals surface area contributed by atoms with Gasteiger partial charge in [0, 0.05) is 14.6 Å². The molecule has 0 fully saturated rings. The van der Waals surface area contributed by atoms with Crippen LogP contribution >= 0.6 is 54.5 Å². The van der Waals surface area contributed by atoms with Crippen molar-refractivity contribution in [1.29, 1.82) is 0 Å². The minimum atomic E-state index is 0.620. The molecule has 2 unspecified atom stereocenters. The molecule has 0 aliphatic rings. The number of hydrogen-bond donors (Lipinski definition) is 0. The zero-order chi connectivity index (χ0) is 16.1. The Morgan fingerprint density at radius 1 is 1.23 bits per heavy atom. The SMILES string of the molecule is CCc1c(Br)sc(-c2cccs2)c1CCCC(CC)C(C)Br. The molecule has 0 amide bonds. The quantitative estimate of drug-likeness (QED) is 0.348. The van der Waals surface area contributed by atoms with E-state index in [-0.39, 0.29) is 0 Å². The summed E-state index contributed by atoms with van der Waals surface area (Å²) in [6, 6.07) is 4.41. The molecule has 0 spiro atoms. The summed E-state index contributed by atoms with van der Waals surface area (Å²) in [4.78, 5) is 3.52. The van der Waals surface area contributed by atoms with Gasteiger partial charge in [0.2, 0.25) is 0 Å². The summed E-state index contributed by atoms with van der Waals surface area (Å²) >= 11 is 11.3. The third kappa shape index (κ3) is 4.46. The van der Waals surface area contributed by atoms with Gasteiger partial charge in [-0.05, 0) is 70.1 Å². The van der Waals surface area contributed by atoms with Gasteiger partial charge in [-0.3, -0.25) is 0 Å². The van der Waals surface area contributed by atoms with E-state index in [0.29, 0.717) is 4.83 Å². The zero-order valence-electron chi connectivity index (χ0n) is 13.5. The van der Waals surface area contributed by atoms with Crippen molar-refractivity contribution in [3.8, 4) is 9.75 Å². The van der Waals surface area contributed by atoms with Crippen LogP contribution in [-0.4, -0.2) is 4.83 Å². The van der Waals surface area contributed by atoms with E-state index < -0.39 is 0 Å². The van der Waals surface area contributed by atoms with Crippen LogP contribution in [0.4, 0.5) is 0 Å². The van der Waals surface area contributed by atoms with Crippen molar-refractivity contribution in [2.24, 2.45) is 5.92 Å². The number of hydrogen-bond acceptors (Lipinski definition) is 2. The fourth-order valence-electron chi connectivity index (χ4n) is 2.99. The van der Waals surface area contributed by atoms with Crippen LogP contribution in [0.1, 0.15) is 51.2 Å². The summed E-state index contributed by atoms with van der Waals surface area (Å²) in [5.41, 5.74) is 3.10. The minimum Gasteiger partial charge on any atom is -0.143 e. The van der Waals surface area contributed by atoms with Crippen LogP contribution in [0.5, 0.6) is 0 Å². The molecular weight excluding hydrogens is 440 g/mol. The van der Waals surface area contributed by atoms with Gasteiger partial charge in [-0.25, -0.2) is 0 Å². The van der Waals surface area contributed by atoms with Gasteiger partial charge >= 0.3 is 0 Å². The van der Waals surface area contributed by atoms with Crippen molar-refractivity contribution in [3.63, 3.8) is 0 Å². The van der Waals surface area contributed by atoms with E-state index in [1.165, 1.54) is 44.8 Å². The molecule has 2 aromatic heterocycles. The number of halogens is 2. The molecule has 2 aromatic rings. The molecule has 2 rings (SSSR count). The van der Waals surface area contributed by atoms with E-state index in [1.807, 2.05) is 22.7 Å². The van der Waals surface area contributed by atoms with Crippen molar-refractivity contribution in [2.75, 3.05) is 0 Å². The largest absolute Gasteiger partial charge is 0.143 e. The van der Waals surface area contributed by atoms with Gasteiger partial charge in [-0.2, -0.15) is 0 Å². The molecule has 0 radical (unpaired) electrons. The third-order valence-corrected chi connectivity index (χ3v) is 8.17. The van der Waals surface area contributed by atoms with Crippen molar-refractivity contribution in [1.82, 2.24) is 0 Å². The second-order valence-corrected chi connectivity index (χ2v) is 10.5. The summed E-state index contributed by atoms with van der Waals surface area (Å²) in [7, 11) is 0. The maximum absolute atomic E-state index is 3.79. The minimum absolute atomic E-state index is 0.620. The smallest absolute Gasteiger partial charge is 0.0740 e. The molecule has 22 heavy (non-hydrogen) atoms. The number of alkyl halides is 1. The monoisotopic (exact) mass is 462 g/mol. The second kappa shape index (κ2) is 9.00. The lowest BCUT2D eigenvalue weighted by molar-refractivity contribution is 0.456. The van der Waals surface area contributed by atoms with Gasteiger partial charge in [-0.1, -0.05) is 49.2 Å². The average Bonchev–Trinajstić information content (AvgIpc) is 3.10. The molecule has 0 aromatic carbocycles. The summed E-state index contributed by atoms with van der Waals surface area (Å²) in [6.45, 7) is 6.85. The van der Waals surface area contributed by atoms with E-state index in [4.69, 9.17) is 0 Å². The molecular formula is C18H24Br2S2. The van der Waals surface area contributed by atoms with Crippen LogP contribution in [0.2, 0.25) is 0 Å². The van der Waals surface area contributed by atoms with Crippen molar-refractivity contribution >= 4 is 54.5 Å². The molecule has 2 atom stereocenters. The van der Waals surface area contributed by atoms with E-state index in [0.717, 1.165) is 12.3 Å². The van der Waals surface area contributed by atoms with E-state index in [9.17, 15) is 0 Å². The van der Waals surface area contributed by atoms with Crippen molar-refractivity contribution < 1.29 is 0 Å². The van der Waals surface area contributed by atoms with Crippen LogP contribution in [-0.2, 0) is 12.8 Å². The van der Waals surface area contributed by atoms with E-state index in [2.05, 4.69) is 70.1 Å². The highest BCUT2D eigenvalue weighted by molar-refractivity contribution is 9.11. The van der Waals surface area contributed by atoms with Gasteiger partial charge in [0.05, 0.1) is 3.79 Å². The van der Waals surface area contributed by atoms with Crippen LogP contribution in [0.3, 0.4) is 0 Å². The van der Waals surface area contributed by atoms with Gasteiger partial charge < -0.3 is 0 Å². The second-order valence-electron chi connectivity index (χ2n) is 5.73. The summed E-state index contributed by atoms with van der Waals surface area (Å²) in [5, 5.41) is 2.18. The Labute approximate surface area is 159 Å². The Hall–Kier alpha value is 0.360. The number of rotatable bonds is 8. The Kier molecular flexibility index (Phi) is 7.65. The Morgan fingerprint density at radius 2 is 2.00 bits per heavy atom. The normalized spacial score (nSPS) is 14.2. The maximum Gasteiger partial charge on any atom is 0.0740 e. The molecule has 0 N–H and O–H groups in total. The molecule has 0 saturated carbocycles. The zero-order valence-corrected chi connectivity index (χ0v) is 18.3. The van der Waals surface area contributed by atoms with Crippen LogP contribution in [0.15, 0.2) is 21.3 Å². The first kappa shape index (κ1) is 18.7. The van der Waals surface area contributed by atoms with Gasteiger partial charge in [0.1, 0.15) is 0 Å². The third-order valence-electron chi connectivity index (χ3n) is 4.34. The average molecular weight is 464 g/mol. The molecule has 0 aliphatic carbocycles. The molecule has 0 bridgehead atoms. The van der Waals surface area contributed by atoms with Crippen LogP contribution in [0, 0.1) is 5.92 Å². The van der Waals surface area contributed by atoms with Gasteiger partial charge in [-0.15, -0.1) is 22.7 Å². The van der Waals surface area contributed by atoms with Crippen LogP contribution in [0.25, 0.3) is 9.75 Å². The van der Waals surface area contributed by atoms with Crippen molar-refractivity contribution in [3.05, 3.63) is 32.4 Å². The first-order valence-corrected chi connectivity index (χ1v) is 11.5. The number of thiophene rings is 2. The van der Waals surface area contributed by atoms with E-state index >= 15 is 0 Å². The fourth-order valence-corrected chi connectivity index (χ4v) is 6.68. The summed E-state index contributed by atoms with van der Waals surface area (Å²) < 4.78 is 1.33. The molecule has 122 valence electrons. The highest BCUT2D eigenvalue weighted by Crippen LogP contribution is 2.42. The van der Waals surface area contributed by atoms with Crippen molar-refractivity contribution in [2.45, 2.75) is 57.7 Å². The Morgan fingerprint density at radius 3 is 2.55 bits per heavy atom. The Bertz CT molecular complexity index is 570. The van der Waals surface area contributed by atoms with Gasteiger partial charge in [0.15, 0.2) is 0 Å². The Balaban J connectivity index is 2.15. The molecule has 4 heteroatoms. The molecule has 2 heterocycles.